The topological polar surface area (TPSA) is 47.6 Å². The number of fused-ring (bicyclic) bond motifs is 2. The molecule has 3 aromatic rings. The Kier molecular flexibility index (Phi) is 4.80. The van der Waals surface area contributed by atoms with Gasteiger partial charge < -0.3 is 14.8 Å². The van der Waals surface area contributed by atoms with Crippen molar-refractivity contribution in [2.24, 2.45) is 0 Å². The van der Waals surface area contributed by atoms with E-state index in [-0.39, 0.29) is 18.6 Å². The Bertz CT molecular complexity index is 957. The van der Waals surface area contributed by atoms with Crippen LogP contribution in [0.15, 0.2) is 65.1 Å². The molecule has 4 rings (SSSR count). The van der Waals surface area contributed by atoms with Gasteiger partial charge in [0.05, 0.1) is 12.6 Å². The van der Waals surface area contributed by atoms with Crippen LogP contribution >= 0.6 is 15.9 Å². The fourth-order valence-electron chi connectivity index (χ4n) is 3.16. The van der Waals surface area contributed by atoms with E-state index in [1.807, 2.05) is 60.7 Å². The van der Waals surface area contributed by atoms with E-state index in [0.717, 1.165) is 33.0 Å². The molecule has 26 heavy (non-hydrogen) atoms. The Balaban J connectivity index is 1.41. The molecule has 132 valence electrons. The zero-order chi connectivity index (χ0) is 17.9. The molecule has 0 spiro atoms. The number of halogens is 1. The van der Waals surface area contributed by atoms with Gasteiger partial charge in [0.2, 0.25) is 0 Å². The second kappa shape index (κ2) is 7.38. The molecule has 1 heterocycles. The zero-order valence-electron chi connectivity index (χ0n) is 14.1. The van der Waals surface area contributed by atoms with Crippen LogP contribution in [0, 0.1) is 0 Å². The molecule has 1 aliphatic heterocycles. The molecule has 1 N–H and O–H groups in total. The van der Waals surface area contributed by atoms with Crippen molar-refractivity contribution in [3.05, 3.63) is 70.7 Å². The Morgan fingerprint density at radius 1 is 1.12 bits per heavy atom. The van der Waals surface area contributed by atoms with Crippen molar-refractivity contribution in [3.63, 3.8) is 0 Å². The van der Waals surface area contributed by atoms with Crippen molar-refractivity contribution in [1.82, 2.24) is 5.32 Å². The first-order valence-electron chi connectivity index (χ1n) is 8.52. The summed E-state index contributed by atoms with van der Waals surface area (Å²) in [6.45, 7) is 0.574. The molecule has 0 saturated heterocycles. The molecule has 0 fully saturated rings. The van der Waals surface area contributed by atoms with E-state index in [9.17, 15) is 4.79 Å². The first-order valence-corrected chi connectivity index (χ1v) is 9.31. The Labute approximate surface area is 160 Å². The van der Waals surface area contributed by atoms with Gasteiger partial charge in [-0.3, -0.25) is 4.79 Å². The van der Waals surface area contributed by atoms with Gasteiger partial charge in [-0.15, -0.1) is 0 Å². The molecule has 0 aliphatic carbocycles. The maximum absolute atomic E-state index is 12.4. The number of ether oxygens (including phenoxy) is 2. The van der Waals surface area contributed by atoms with Crippen molar-refractivity contribution in [1.29, 1.82) is 0 Å². The summed E-state index contributed by atoms with van der Waals surface area (Å²) in [4.78, 5) is 12.4. The average molecular weight is 412 g/mol. The van der Waals surface area contributed by atoms with Crippen molar-refractivity contribution in [2.45, 2.75) is 12.5 Å². The van der Waals surface area contributed by atoms with E-state index in [1.54, 1.807) is 0 Å². The lowest BCUT2D eigenvalue weighted by Gasteiger charge is -2.27. The number of rotatable bonds is 4. The van der Waals surface area contributed by atoms with E-state index in [2.05, 4.69) is 21.2 Å². The smallest absolute Gasteiger partial charge is 0.258 e. The van der Waals surface area contributed by atoms with Crippen molar-refractivity contribution in [2.75, 3.05) is 13.2 Å². The summed E-state index contributed by atoms with van der Waals surface area (Å²) in [5.74, 6) is 1.37. The van der Waals surface area contributed by atoms with Crippen LogP contribution in [0.25, 0.3) is 10.8 Å². The maximum atomic E-state index is 12.4. The van der Waals surface area contributed by atoms with Gasteiger partial charge in [0.25, 0.3) is 5.91 Å². The van der Waals surface area contributed by atoms with Crippen LogP contribution in [0.1, 0.15) is 18.0 Å². The van der Waals surface area contributed by atoms with Gasteiger partial charge in [-0.25, -0.2) is 0 Å². The predicted molar refractivity (Wildman–Crippen MR) is 105 cm³/mol. The van der Waals surface area contributed by atoms with Gasteiger partial charge in [0, 0.05) is 16.5 Å². The number of carbonyl (C=O) groups excluding carboxylic acids is 1. The highest BCUT2D eigenvalue weighted by Crippen LogP contribution is 2.34. The molecular formula is C21H18BrNO3. The molecule has 1 atom stereocenters. The monoisotopic (exact) mass is 411 g/mol. The summed E-state index contributed by atoms with van der Waals surface area (Å²) >= 11 is 3.47. The van der Waals surface area contributed by atoms with E-state index in [1.165, 1.54) is 0 Å². The molecule has 4 nitrogen and oxygen atoms in total. The van der Waals surface area contributed by atoms with E-state index >= 15 is 0 Å². The summed E-state index contributed by atoms with van der Waals surface area (Å²) in [5.41, 5.74) is 0.990. The summed E-state index contributed by atoms with van der Waals surface area (Å²) in [7, 11) is 0. The van der Waals surface area contributed by atoms with Crippen LogP contribution in [0.5, 0.6) is 11.5 Å². The summed E-state index contributed by atoms with van der Waals surface area (Å²) in [6, 6.07) is 19.7. The minimum Gasteiger partial charge on any atom is -0.493 e. The fraction of sp³-hybridized carbons (Fsp3) is 0.190. The van der Waals surface area contributed by atoms with Crippen molar-refractivity contribution < 1.29 is 14.3 Å². The largest absolute Gasteiger partial charge is 0.493 e. The standard InChI is InChI=1S/C21H18BrNO3/c22-16-6-8-20-18(12-16)19(9-10-25-20)23-21(24)13-26-17-7-5-14-3-1-2-4-15(14)11-17/h1-8,11-12,19H,9-10,13H2,(H,23,24). The third-order valence-electron chi connectivity index (χ3n) is 4.44. The van der Waals surface area contributed by atoms with Gasteiger partial charge in [0.15, 0.2) is 6.61 Å². The Hall–Kier alpha value is -2.53. The lowest BCUT2D eigenvalue weighted by molar-refractivity contribution is -0.124. The molecule has 0 saturated carbocycles. The number of hydrogen-bond acceptors (Lipinski definition) is 3. The molecule has 1 aliphatic rings. The summed E-state index contributed by atoms with van der Waals surface area (Å²) in [6.07, 6.45) is 0.741. The zero-order valence-corrected chi connectivity index (χ0v) is 15.7. The molecule has 1 amide bonds. The third-order valence-corrected chi connectivity index (χ3v) is 4.93. The second-order valence-corrected chi connectivity index (χ2v) is 7.15. The van der Waals surface area contributed by atoms with Gasteiger partial charge in [-0.05, 0) is 41.1 Å². The van der Waals surface area contributed by atoms with Gasteiger partial charge >= 0.3 is 0 Å². The molecule has 0 aromatic heterocycles. The first kappa shape index (κ1) is 16.9. The van der Waals surface area contributed by atoms with Crippen molar-refractivity contribution in [3.8, 4) is 11.5 Å². The molecule has 1 unspecified atom stereocenters. The molecule has 0 radical (unpaired) electrons. The molecule has 3 aromatic carbocycles. The number of benzene rings is 3. The lowest BCUT2D eigenvalue weighted by atomic mass is 10.0. The highest BCUT2D eigenvalue weighted by molar-refractivity contribution is 9.10. The van der Waals surface area contributed by atoms with E-state index < -0.39 is 0 Å². The maximum Gasteiger partial charge on any atom is 0.258 e. The highest BCUT2D eigenvalue weighted by Gasteiger charge is 2.23. The van der Waals surface area contributed by atoms with Crippen LogP contribution in [0.2, 0.25) is 0 Å². The van der Waals surface area contributed by atoms with E-state index in [4.69, 9.17) is 9.47 Å². The number of carbonyl (C=O) groups is 1. The average Bonchev–Trinajstić information content (AvgIpc) is 2.67. The van der Waals surface area contributed by atoms with Crippen LogP contribution in [-0.2, 0) is 4.79 Å². The quantitative estimate of drug-likeness (QED) is 0.680. The van der Waals surface area contributed by atoms with Crippen molar-refractivity contribution >= 4 is 32.6 Å². The highest BCUT2D eigenvalue weighted by atomic mass is 79.9. The fourth-order valence-corrected chi connectivity index (χ4v) is 3.54. The normalized spacial score (nSPS) is 15.8. The molecular weight excluding hydrogens is 394 g/mol. The second-order valence-electron chi connectivity index (χ2n) is 6.24. The SMILES string of the molecule is O=C(COc1ccc2ccccc2c1)NC1CCOc2ccc(Br)cc21. The van der Waals surface area contributed by atoms with Gasteiger partial charge in [0.1, 0.15) is 11.5 Å². The van der Waals surface area contributed by atoms with Crippen LogP contribution in [-0.4, -0.2) is 19.1 Å². The summed E-state index contributed by atoms with van der Waals surface area (Å²) in [5, 5.41) is 5.28. The lowest BCUT2D eigenvalue weighted by Crippen LogP contribution is -2.35. The van der Waals surface area contributed by atoms with Crippen LogP contribution in [0.3, 0.4) is 0 Å². The third kappa shape index (κ3) is 3.68. The number of nitrogens with one attached hydrogen (secondary N) is 1. The minimum absolute atomic E-state index is 0.0148. The predicted octanol–water partition coefficient (Wildman–Crippen LogP) is 4.62. The summed E-state index contributed by atoms with van der Waals surface area (Å²) < 4.78 is 12.3. The number of amides is 1. The number of hydrogen-bond donors (Lipinski definition) is 1. The van der Waals surface area contributed by atoms with Crippen LogP contribution in [0.4, 0.5) is 0 Å². The van der Waals surface area contributed by atoms with Gasteiger partial charge in [-0.2, -0.15) is 0 Å². The Morgan fingerprint density at radius 2 is 1.96 bits per heavy atom. The first-order chi connectivity index (χ1) is 12.7. The van der Waals surface area contributed by atoms with E-state index in [0.29, 0.717) is 12.4 Å². The minimum atomic E-state index is -0.143. The Morgan fingerprint density at radius 3 is 2.85 bits per heavy atom. The van der Waals surface area contributed by atoms with Crippen LogP contribution < -0.4 is 14.8 Å². The molecule has 0 bridgehead atoms. The van der Waals surface area contributed by atoms with Gasteiger partial charge in [-0.1, -0.05) is 46.3 Å². The molecule has 5 heteroatoms.